The van der Waals surface area contributed by atoms with Crippen LogP contribution in [0.3, 0.4) is 0 Å². The molecule has 0 radical (unpaired) electrons. The van der Waals surface area contributed by atoms with Gasteiger partial charge in [-0.25, -0.2) is 4.98 Å². The summed E-state index contributed by atoms with van der Waals surface area (Å²) in [5.41, 5.74) is 8.16. The van der Waals surface area contributed by atoms with Crippen LogP contribution in [0.5, 0.6) is 0 Å². The fraction of sp³-hybridized carbons (Fsp3) is 0.250. The van der Waals surface area contributed by atoms with E-state index >= 15 is 0 Å². The molecule has 0 amide bonds. The third kappa shape index (κ3) is 2.51. The highest BCUT2D eigenvalue weighted by atomic mass is 79.9. The Bertz CT molecular complexity index is 477. The van der Waals surface area contributed by atoms with Crippen LogP contribution in [0.1, 0.15) is 24.2 Å². The predicted octanol–water partition coefficient (Wildman–Crippen LogP) is 2.71. The normalized spacial score (nSPS) is 12.7. The summed E-state index contributed by atoms with van der Waals surface area (Å²) in [4.78, 5) is 4.13. The summed E-state index contributed by atoms with van der Waals surface area (Å²) in [7, 11) is 0. The molecule has 0 aliphatic rings. The number of nitrogens with zero attached hydrogens (tertiary/aromatic N) is 2. The number of nitrogens with two attached hydrogens (primary N) is 1. The van der Waals surface area contributed by atoms with E-state index in [1.165, 1.54) is 5.56 Å². The summed E-state index contributed by atoms with van der Waals surface area (Å²) in [5, 5.41) is 0. The Balaban J connectivity index is 2.24. The molecule has 0 bridgehead atoms. The lowest BCUT2D eigenvalue weighted by atomic mass is 10.2. The molecule has 0 aliphatic carbocycles. The van der Waals surface area contributed by atoms with Gasteiger partial charge in [0.25, 0.3) is 0 Å². The maximum atomic E-state index is 5.87. The highest BCUT2D eigenvalue weighted by Gasteiger charge is 2.06. The Morgan fingerprint density at radius 2 is 2.31 bits per heavy atom. The van der Waals surface area contributed by atoms with Gasteiger partial charge in [0, 0.05) is 23.3 Å². The first-order valence-electron chi connectivity index (χ1n) is 5.17. The van der Waals surface area contributed by atoms with Crippen molar-refractivity contribution < 1.29 is 0 Å². The van der Waals surface area contributed by atoms with Gasteiger partial charge in [-0.3, -0.25) is 0 Å². The summed E-state index contributed by atoms with van der Waals surface area (Å²) < 4.78 is 3.17. The van der Waals surface area contributed by atoms with Crippen LogP contribution in [0.15, 0.2) is 41.3 Å². The lowest BCUT2D eigenvalue weighted by molar-refractivity contribution is 0.674. The quantitative estimate of drug-likeness (QED) is 0.939. The van der Waals surface area contributed by atoms with E-state index in [1.807, 2.05) is 31.6 Å². The molecule has 1 heterocycles. The van der Waals surface area contributed by atoms with Crippen molar-refractivity contribution in [1.82, 2.24) is 9.55 Å². The molecule has 16 heavy (non-hydrogen) atoms. The second-order valence-electron chi connectivity index (χ2n) is 3.87. The molecule has 0 spiro atoms. The van der Waals surface area contributed by atoms with Crippen molar-refractivity contribution in [3.63, 3.8) is 0 Å². The van der Waals surface area contributed by atoms with Crippen molar-refractivity contribution >= 4 is 15.9 Å². The van der Waals surface area contributed by atoms with E-state index in [1.54, 1.807) is 0 Å². The zero-order valence-corrected chi connectivity index (χ0v) is 10.7. The summed E-state index contributed by atoms with van der Waals surface area (Å²) in [5.74, 6) is 0. The molecule has 0 fully saturated rings. The maximum absolute atomic E-state index is 5.87. The van der Waals surface area contributed by atoms with E-state index in [9.17, 15) is 0 Å². The molecule has 4 heteroatoms. The zero-order chi connectivity index (χ0) is 11.5. The first kappa shape index (κ1) is 11.4. The van der Waals surface area contributed by atoms with Gasteiger partial charge in [0.2, 0.25) is 0 Å². The molecule has 0 aliphatic heterocycles. The molecular weight excluding hydrogens is 266 g/mol. The van der Waals surface area contributed by atoms with Gasteiger partial charge in [0.15, 0.2) is 0 Å². The fourth-order valence-corrected chi connectivity index (χ4v) is 2.12. The van der Waals surface area contributed by atoms with Crippen molar-refractivity contribution in [2.24, 2.45) is 5.73 Å². The minimum Gasteiger partial charge on any atom is -0.329 e. The standard InChI is InChI=1S/C12H14BrN3/c1-9(14)12-6-15-8-16(12)7-10-3-2-4-11(13)5-10/h2-6,8-9H,7,14H2,1H3/t9-/m1/s1. The van der Waals surface area contributed by atoms with Crippen LogP contribution in [0.4, 0.5) is 0 Å². The SMILES string of the molecule is C[C@@H](N)c1cncn1Cc1cccc(Br)c1. The fourth-order valence-electron chi connectivity index (χ4n) is 1.67. The monoisotopic (exact) mass is 279 g/mol. The smallest absolute Gasteiger partial charge is 0.0951 e. The van der Waals surface area contributed by atoms with Gasteiger partial charge in [-0.2, -0.15) is 0 Å². The molecule has 2 aromatic rings. The summed E-state index contributed by atoms with van der Waals surface area (Å²) in [6.45, 7) is 2.77. The largest absolute Gasteiger partial charge is 0.329 e. The molecule has 1 aromatic carbocycles. The Morgan fingerprint density at radius 3 is 3.00 bits per heavy atom. The minimum atomic E-state index is 0.00894. The van der Waals surface area contributed by atoms with Crippen LogP contribution in [-0.2, 0) is 6.54 Å². The van der Waals surface area contributed by atoms with Crippen molar-refractivity contribution in [2.45, 2.75) is 19.5 Å². The first-order valence-corrected chi connectivity index (χ1v) is 5.96. The highest BCUT2D eigenvalue weighted by Crippen LogP contribution is 2.15. The molecule has 1 aromatic heterocycles. The van der Waals surface area contributed by atoms with Crippen molar-refractivity contribution in [1.29, 1.82) is 0 Å². The van der Waals surface area contributed by atoms with Crippen LogP contribution in [-0.4, -0.2) is 9.55 Å². The number of hydrogen-bond acceptors (Lipinski definition) is 2. The molecule has 0 unspecified atom stereocenters. The second kappa shape index (κ2) is 4.80. The topological polar surface area (TPSA) is 43.8 Å². The van der Waals surface area contributed by atoms with Crippen molar-refractivity contribution in [3.05, 3.63) is 52.5 Å². The Morgan fingerprint density at radius 1 is 1.50 bits per heavy atom. The van der Waals surface area contributed by atoms with Gasteiger partial charge < -0.3 is 10.3 Å². The van der Waals surface area contributed by atoms with Crippen LogP contribution >= 0.6 is 15.9 Å². The van der Waals surface area contributed by atoms with Crippen LogP contribution < -0.4 is 5.73 Å². The third-order valence-electron chi connectivity index (χ3n) is 2.45. The van der Waals surface area contributed by atoms with E-state index in [0.29, 0.717) is 0 Å². The molecule has 2 rings (SSSR count). The van der Waals surface area contributed by atoms with E-state index in [2.05, 4.69) is 37.6 Å². The molecule has 3 nitrogen and oxygen atoms in total. The van der Waals surface area contributed by atoms with Gasteiger partial charge in [0.05, 0.1) is 12.0 Å². The zero-order valence-electron chi connectivity index (χ0n) is 9.10. The molecule has 1 atom stereocenters. The average molecular weight is 280 g/mol. The van der Waals surface area contributed by atoms with E-state index in [-0.39, 0.29) is 6.04 Å². The Hall–Kier alpha value is -1.13. The molecule has 2 N–H and O–H groups in total. The number of halogens is 1. The van der Waals surface area contributed by atoms with Crippen LogP contribution in [0, 0.1) is 0 Å². The average Bonchev–Trinajstić information content (AvgIpc) is 2.66. The van der Waals surface area contributed by atoms with Gasteiger partial charge in [0.1, 0.15) is 0 Å². The number of benzene rings is 1. The number of rotatable bonds is 3. The molecular formula is C12H14BrN3. The van der Waals surface area contributed by atoms with Gasteiger partial charge in [-0.1, -0.05) is 28.1 Å². The first-order chi connectivity index (χ1) is 7.66. The Labute approximate surface area is 103 Å². The van der Waals surface area contributed by atoms with E-state index in [4.69, 9.17) is 5.73 Å². The summed E-state index contributed by atoms with van der Waals surface area (Å²) >= 11 is 3.46. The van der Waals surface area contributed by atoms with Gasteiger partial charge >= 0.3 is 0 Å². The number of imidazole rings is 1. The van der Waals surface area contributed by atoms with Crippen molar-refractivity contribution in [2.75, 3.05) is 0 Å². The molecule has 0 saturated heterocycles. The van der Waals surface area contributed by atoms with E-state index < -0.39 is 0 Å². The van der Waals surface area contributed by atoms with Crippen LogP contribution in [0.2, 0.25) is 0 Å². The van der Waals surface area contributed by atoms with Gasteiger partial charge in [-0.05, 0) is 24.6 Å². The highest BCUT2D eigenvalue weighted by molar-refractivity contribution is 9.10. The number of hydrogen-bond donors (Lipinski definition) is 1. The molecule has 84 valence electrons. The Kier molecular flexibility index (Phi) is 3.41. The molecule has 0 saturated carbocycles. The van der Waals surface area contributed by atoms with Crippen LogP contribution in [0.25, 0.3) is 0 Å². The summed E-state index contributed by atoms with van der Waals surface area (Å²) in [6.07, 6.45) is 3.64. The number of aromatic nitrogens is 2. The van der Waals surface area contributed by atoms with Gasteiger partial charge in [-0.15, -0.1) is 0 Å². The summed E-state index contributed by atoms with van der Waals surface area (Å²) in [6, 6.07) is 8.25. The minimum absolute atomic E-state index is 0.00894. The predicted molar refractivity (Wildman–Crippen MR) is 68.1 cm³/mol. The van der Waals surface area contributed by atoms with E-state index in [0.717, 1.165) is 16.7 Å². The lowest BCUT2D eigenvalue weighted by Gasteiger charge is -2.10. The van der Waals surface area contributed by atoms with Crippen molar-refractivity contribution in [3.8, 4) is 0 Å². The third-order valence-corrected chi connectivity index (χ3v) is 2.95. The second-order valence-corrected chi connectivity index (χ2v) is 4.78. The lowest BCUT2D eigenvalue weighted by Crippen LogP contribution is -2.12. The maximum Gasteiger partial charge on any atom is 0.0951 e.